The minimum Gasteiger partial charge on any atom is -0.497 e. The molecule has 3 N–H and O–H groups in total. The van der Waals surface area contributed by atoms with Gasteiger partial charge in [0.1, 0.15) is 17.1 Å². The van der Waals surface area contributed by atoms with E-state index in [1.807, 2.05) is 30.5 Å². The number of nitrogens with zero attached hydrogens (tertiary/aromatic N) is 1. The van der Waals surface area contributed by atoms with Crippen LogP contribution in [-0.2, 0) is 26.3 Å². The molecule has 8 nitrogen and oxygen atoms in total. The average molecular weight is 511 g/mol. The summed E-state index contributed by atoms with van der Waals surface area (Å²) in [6, 6.07) is 18.0. The number of hydrogen-bond donors (Lipinski definition) is 3. The molecule has 4 aromatic rings. The van der Waals surface area contributed by atoms with Gasteiger partial charge in [0.05, 0.1) is 24.6 Å². The van der Waals surface area contributed by atoms with Crippen LogP contribution >= 0.6 is 0 Å². The smallest absolute Gasteiger partial charge is 0.250 e. The van der Waals surface area contributed by atoms with Crippen molar-refractivity contribution in [1.29, 1.82) is 0 Å². The molecular formula is C29H23FN4O4. The van der Waals surface area contributed by atoms with Crippen LogP contribution in [0.25, 0.3) is 10.9 Å². The van der Waals surface area contributed by atoms with Crippen molar-refractivity contribution in [2.45, 2.75) is 18.0 Å². The number of fused-ring (bicyclic) bond motifs is 5. The van der Waals surface area contributed by atoms with E-state index in [-0.39, 0.29) is 0 Å². The first-order valence-electron chi connectivity index (χ1n) is 12.4. The average Bonchev–Trinajstić information content (AvgIpc) is 3.63. The van der Waals surface area contributed by atoms with Crippen LogP contribution in [0.15, 0.2) is 72.9 Å². The third-order valence-corrected chi connectivity index (χ3v) is 8.10. The number of benzene rings is 3. The minimum absolute atomic E-state index is 0.340. The van der Waals surface area contributed by atoms with E-state index in [4.69, 9.17) is 4.74 Å². The fourth-order valence-electron chi connectivity index (χ4n) is 6.49. The summed E-state index contributed by atoms with van der Waals surface area (Å²) in [5, 5.41) is 7.18. The van der Waals surface area contributed by atoms with Gasteiger partial charge in [-0.1, -0.05) is 24.3 Å². The highest BCUT2D eigenvalue weighted by Crippen LogP contribution is 2.54. The first-order chi connectivity index (χ1) is 18.4. The van der Waals surface area contributed by atoms with E-state index < -0.39 is 47.0 Å². The zero-order valence-electron chi connectivity index (χ0n) is 20.3. The number of aromatic nitrogens is 1. The van der Waals surface area contributed by atoms with Gasteiger partial charge < -0.3 is 15.0 Å². The number of nitrogens with one attached hydrogen (secondary N) is 3. The number of methoxy groups -OCH3 is 1. The Hall–Kier alpha value is -4.50. The normalized spacial score (nSPS) is 25.8. The molecule has 190 valence electrons. The second-order valence-electron chi connectivity index (χ2n) is 9.98. The van der Waals surface area contributed by atoms with Crippen molar-refractivity contribution < 1.29 is 23.5 Å². The summed E-state index contributed by atoms with van der Waals surface area (Å²) >= 11 is 0. The fourth-order valence-corrected chi connectivity index (χ4v) is 6.49. The maximum atomic E-state index is 14.5. The van der Waals surface area contributed by atoms with Crippen LogP contribution in [0.5, 0.6) is 5.75 Å². The monoisotopic (exact) mass is 510 g/mol. The third kappa shape index (κ3) is 2.96. The molecule has 3 aromatic carbocycles. The highest BCUT2D eigenvalue weighted by molar-refractivity contribution is 6.25. The molecule has 38 heavy (non-hydrogen) atoms. The number of ether oxygens (including phenoxy) is 1. The van der Waals surface area contributed by atoms with Crippen LogP contribution in [-0.4, -0.2) is 35.9 Å². The summed E-state index contributed by atoms with van der Waals surface area (Å²) in [4.78, 5) is 46.2. The minimum atomic E-state index is -1.58. The van der Waals surface area contributed by atoms with E-state index >= 15 is 0 Å². The number of para-hydroxylation sites is 1. The van der Waals surface area contributed by atoms with Gasteiger partial charge in [-0.15, -0.1) is 0 Å². The van der Waals surface area contributed by atoms with E-state index in [0.29, 0.717) is 29.1 Å². The Morgan fingerprint density at radius 3 is 2.68 bits per heavy atom. The molecule has 3 aliphatic heterocycles. The number of imide groups is 1. The fraction of sp³-hybridized carbons (Fsp3) is 0.207. The van der Waals surface area contributed by atoms with Gasteiger partial charge in [0.25, 0.3) is 0 Å². The zero-order valence-corrected chi connectivity index (χ0v) is 20.3. The van der Waals surface area contributed by atoms with Crippen molar-refractivity contribution in [2.24, 2.45) is 11.8 Å². The van der Waals surface area contributed by atoms with E-state index in [0.717, 1.165) is 21.4 Å². The lowest BCUT2D eigenvalue weighted by molar-refractivity contribution is -0.130. The van der Waals surface area contributed by atoms with Gasteiger partial charge in [-0.2, -0.15) is 0 Å². The molecule has 1 spiro atoms. The molecule has 2 fully saturated rings. The molecule has 1 aromatic heterocycles. The molecule has 0 radical (unpaired) electrons. The van der Waals surface area contributed by atoms with E-state index in [2.05, 4.69) is 15.6 Å². The molecule has 3 aliphatic rings. The second-order valence-corrected chi connectivity index (χ2v) is 9.98. The van der Waals surface area contributed by atoms with Gasteiger partial charge in [-0.25, -0.2) is 9.29 Å². The molecule has 2 saturated heterocycles. The molecular weight excluding hydrogens is 487 g/mol. The van der Waals surface area contributed by atoms with E-state index in [1.54, 1.807) is 24.3 Å². The molecule has 0 aliphatic carbocycles. The number of amides is 3. The van der Waals surface area contributed by atoms with Crippen molar-refractivity contribution in [3.8, 4) is 5.75 Å². The summed E-state index contributed by atoms with van der Waals surface area (Å²) in [6.07, 6.45) is 2.27. The molecule has 4 heterocycles. The Kier molecular flexibility index (Phi) is 4.77. The van der Waals surface area contributed by atoms with Crippen LogP contribution in [0.2, 0.25) is 0 Å². The standard InChI is InChI=1S/C29H23FN4O4/c1-38-18-6-4-5-17(13-18)34-26(35)24-23(11-15-14-31-21-8-3-2-7-19(15)21)33-29(25(24)27(34)36)20-12-16(30)9-10-22(20)32-28(29)37/h2-10,12-14,23-25,31,33H,11H2,1H3,(H,32,37)/t23-,24-,25+,29+/m1/s1. The zero-order chi connectivity index (χ0) is 26.2. The van der Waals surface area contributed by atoms with Crippen LogP contribution in [0.1, 0.15) is 11.1 Å². The van der Waals surface area contributed by atoms with Gasteiger partial charge in [0, 0.05) is 40.5 Å². The number of hydrogen-bond acceptors (Lipinski definition) is 5. The number of anilines is 2. The molecule has 3 amide bonds. The lowest BCUT2D eigenvalue weighted by Gasteiger charge is -2.29. The Balaban J connectivity index is 1.38. The topological polar surface area (TPSA) is 104 Å². The predicted molar refractivity (Wildman–Crippen MR) is 138 cm³/mol. The van der Waals surface area contributed by atoms with Gasteiger partial charge in [-0.3, -0.25) is 19.7 Å². The summed E-state index contributed by atoms with van der Waals surface area (Å²) in [6.45, 7) is 0. The van der Waals surface area contributed by atoms with Crippen molar-refractivity contribution in [3.63, 3.8) is 0 Å². The maximum Gasteiger partial charge on any atom is 0.250 e. The Morgan fingerprint density at radius 1 is 1.00 bits per heavy atom. The first-order valence-corrected chi connectivity index (χ1v) is 12.4. The molecule has 0 saturated carbocycles. The number of carbonyl (C=O) groups excluding carboxylic acids is 3. The van der Waals surface area contributed by atoms with Crippen LogP contribution < -0.4 is 20.3 Å². The molecule has 9 heteroatoms. The number of aromatic amines is 1. The predicted octanol–water partition coefficient (Wildman–Crippen LogP) is 3.48. The van der Waals surface area contributed by atoms with Gasteiger partial charge in [0.15, 0.2) is 0 Å². The Labute approximate surface area is 216 Å². The summed E-state index contributed by atoms with van der Waals surface area (Å²) in [5.41, 5.74) is 1.45. The number of H-pyrrole nitrogens is 1. The molecule has 4 atom stereocenters. The number of halogens is 1. The van der Waals surface area contributed by atoms with Gasteiger partial charge in [0.2, 0.25) is 17.7 Å². The van der Waals surface area contributed by atoms with Crippen LogP contribution in [0.4, 0.5) is 15.8 Å². The third-order valence-electron chi connectivity index (χ3n) is 8.10. The highest BCUT2D eigenvalue weighted by atomic mass is 19.1. The highest BCUT2D eigenvalue weighted by Gasteiger charge is 2.70. The SMILES string of the molecule is COc1cccc(N2C(=O)[C@H]3[C@@H](C2=O)[C@]2(N[C@@H]3Cc3c[nH]c4ccccc34)C(=O)Nc3ccc(F)cc32)c1. The van der Waals surface area contributed by atoms with E-state index in [1.165, 1.54) is 25.3 Å². The van der Waals surface area contributed by atoms with Crippen molar-refractivity contribution in [3.05, 3.63) is 89.9 Å². The summed E-state index contributed by atoms with van der Waals surface area (Å²) < 4.78 is 19.8. The van der Waals surface area contributed by atoms with Crippen molar-refractivity contribution in [2.75, 3.05) is 17.3 Å². The van der Waals surface area contributed by atoms with Crippen molar-refractivity contribution in [1.82, 2.24) is 10.3 Å². The van der Waals surface area contributed by atoms with Crippen molar-refractivity contribution >= 4 is 40.0 Å². The number of carbonyl (C=O) groups is 3. The second kappa shape index (κ2) is 8.00. The molecule has 0 unspecified atom stereocenters. The summed E-state index contributed by atoms with van der Waals surface area (Å²) in [7, 11) is 1.51. The Morgan fingerprint density at radius 2 is 1.84 bits per heavy atom. The molecule has 7 rings (SSSR count). The first kappa shape index (κ1) is 22.7. The lowest BCUT2D eigenvalue weighted by Crippen LogP contribution is -2.53. The lowest BCUT2D eigenvalue weighted by atomic mass is 9.76. The van der Waals surface area contributed by atoms with Crippen LogP contribution in [0, 0.1) is 17.7 Å². The number of rotatable bonds is 4. The molecule has 0 bridgehead atoms. The quantitative estimate of drug-likeness (QED) is 0.365. The Bertz CT molecular complexity index is 1670. The largest absolute Gasteiger partial charge is 0.497 e. The van der Waals surface area contributed by atoms with Crippen LogP contribution in [0.3, 0.4) is 0 Å². The summed E-state index contributed by atoms with van der Waals surface area (Å²) in [5.74, 6) is -3.31. The maximum absolute atomic E-state index is 14.5. The van der Waals surface area contributed by atoms with Gasteiger partial charge in [-0.05, 0) is 48.4 Å². The van der Waals surface area contributed by atoms with E-state index in [9.17, 15) is 18.8 Å². The van der Waals surface area contributed by atoms with Gasteiger partial charge >= 0.3 is 0 Å².